The van der Waals surface area contributed by atoms with Crippen molar-refractivity contribution in [3.8, 4) is 0 Å². The molecule has 5 rings (SSSR count). The highest BCUT2D eigenvalue weighted by atomic mass is 16.5. The Morgan fingerprint density at radius 2 is 1.02 bits per heavy atom. The van der Waals surface area contributed by atoms with Crippen LogP contribution in [-0.2, 0) is 29.1 Å². The van der Waals surface area contributed by atoms with E-state index in [-0.39, 0.29) is 6.61 Å². The molecule has 4 nitrogen and oxygen atoms in total. The Hall–Kier alpha value is -4.48. The lowest BCUT2D eigenvalue weighted by Crippen LogP contribution is -2.10. The molecule has 0 amide bonds. The number of hydrogen-bond acceptors (Lipinski definition) is 4. The summed E-state index contributed by atoms with van der Waals surface area (Å²) in [6.45, 7) is 1.32. The smallest absolute Gasteiger partial charge is 0.0713 e. The number of aliphatic hydroxyl groups excluding tert-OH is 1. The van der Waals surface area contributed by atoms with Gasteiger partial charge in [-0.3, -0.25) is 0 Å². The standard InChI is InChI=1S/C38H37NO3/c1-41-27-31-12-20-36(21-13-31)39(37-22-14-32(15-23-37)28-42-2)35-18-10-30(11-19-35)26-38(33-6-4-3-5-7-33)34-16-8-29(9-17-34)24-25-40/h3-23,26,40H,24-25,27-28H2,1-2H3. The Morgan fingerprint density at radius 3 is 1.50 bits per heavy atom. The van der Waals surface area contributed by atoms with E-state index >= 15 is 0 Å². The van der Waals surface area contributed by atoms with Gasteiger partial charge in [0.05, 0.1) is 13.2 Å². The van der Waals surface area contributed by atoms with Crippen LogP contribution in [0.2, 0.25) is 0 Å². The Morgan fingerprint density at radius 1 is 0.571 bits per heavy atom. The predicted molar refractivity (Wildman–Crippen MR) is 173 cm³/mol. The van der Waals surface area contributed by atoms with Gasteiger partial charge in [-0.1, -0.05) is 91.0 Å². The fourth-order valence-corrected chi connectivity index (χ4v) is 5.08. The van der Waals surface area contributed by atoms with Crippen LogP contribution in [0.25, 0.3) is 11.6 Å². The van der Waals surface area contributed by atoms with Crippen LogP contribution in [0.1, 0.15) is 33.4 Å². The molecule has 0 heterocycles. The van der Waals surface area contributed by atoms with E-state index in [2.05, 4.69) is 132 Å². The Balaban J connectivity index is 1.51. The fourth-order valence-electron chi connectivity index (χ4n) is 5.08. The number of hydrogen-bond donors (Lipinski definition) is 1. The number of ether oxygens (including phenoxy) is 2. The summed E-state index contributed by atoms with van der Waals surface area (Å²) in [5.41, 5.74) is 11.2. The van der Waals surface area contributed by atoms with E-state index in [0.717, 1.165) is 56.0 Å². The van der Waals surface area contributed by atoms with Crippen molar-refractivity contribution in [3.05, 3.63) is 161 Å². The van der Waals surface area contributed by atoms with Crippen molar-refractivity contribution in [1.29, 1.82) is 0 Å². The molecule has 0 unspecified atom stereocenters. The van der Waals surface area contributed by atoms with E-state index in [1.54, 1.807) is 14.2 Å². The van der Waals surface area contributed by atoms with Crippen molar-refractivity contribution in [2.24, 2.45) is 0 Å². The molecule has 42 heavy (non-hydrogen) atoms. The quantitative estimate of drug-likeness (QED) is 0.157. The second-order valence-electron chi connectivity index (χ2n) is 10.2. The first-order chi connectivity index (χ1) is 20.7. The van der Waals surface area contributed by atoms with Gasteiger partial charge in [0.15, 0.2) is 0 Å². The predicted octanol–water partition coefficient (Wildman–Crippen LogP) is 8.57. The molecular weight excluding hydrogens is 518 g/mol. The van der Waals surface area contributed by atoms with Crippen molar-refractivity contribution in [2.45, 2.75) is 19.6 Å². The number of benzene rings is 5. The molecule has 0 radical (unpaired) electrons. The summed E-state index contributed by atoms with van der Waals surface area (Å²) in [6, 6.07) is 44.6. The Labute approximate surface area is 249 Å². The van der Waals surface area contributed by atoms with Crippen molar-refractivity contribution in [2.75, 3.05) is 25.7 Å². The van der Waals surface area contributed by atoms with E-state index in [9.17, 15) is 5.11 Å². The third-order valence-electron chi connectivity index (χ3n) is 7.22. The summed E-state index contributed by atoms with van der Waals surface area (Å²) in [4.78, 5) is 2.26. The molecule has 0 atom stereocenters. The average Bonchev–Trinajstić information content (AvgIpc) is 3.04. The van der Waals surface area contributed by atoms with Crippen LogP contribution in [0.15, 0.2) is 127 Å². The van der Waals surface area contributed by atoms with Crippen LogP contribution in [-0.4, -0.2) is 25.9 Å². The number of rotatable bonds is 12. The molecule has 1 N–H and O–H groups in total. The normalized spacial score (nSPS) is 11.5. The summed E-state index contributed by atoms with van der Waals surface area (Å²) < 4.78 is 10.6. The number of nitrogens with zero attached hydrogens (tertiary/aromatic N) is 1. The Bertz CT molecular complexity index is 1510. The van der Waals surface area contributed by atoms with E-state index in [1.165, 1.54) is 0 Å². The molecule has 0 aliphatic carbocycles. The van der Waals surface area contributed by atoms with E-state index in [4.69, 9.17) is 9.47 Å². The zero-order valence-electron chi connectivity index (χ0n) is 24.2. The first-order valence-electron chi connectivity index (χ1n) is 14.2. The van der Waals surface area contributed by atoms with Crippen LogP contribution in [0.3, 0.4) is 0 Å². The summed E-state index contributed by atoms with van der Waals surface area (Å²) in [7, 11) is 3.43. The second kappa shape index (κ2) is 14.4. The number of methoxy groups -OCH3 is 2. The molecule has 0 aliphatic rings. The van der Waals surface area contributed by atoms with Crippen molar-refractivity contribution >= 4 is 28.7 Å². The van der Waals surface area contributed by atoms with Gasteiger partial charge in [0.1, 0.15) is 0 Å². The molecule has 4 heteroatoms. The van der Waals surface area contributed by atoms with Gasteiger partial charge in [0, 0.05) is 37.9 Å². The molecule has 0 bridgehead atoms. The average molecular weight is 556 g/mol. The van der Waals surface area contributed by atoms with Gasteiger partial charge in [-0.15, -0.1) is 0 Å². The number of aliphatic hydroxyl groups is 1. The van der Waals surface area contributed by atoms with Crippen LogP contribution in [0.5, 0.6) is 0 Å². The third-order valence-corrected chi connectivity index (χ3v) is 7.22. The molecule has 212 valence electrons. The minimum Gasteiger partial charge on any atom is -0.396 e. The first-order valence-corrected chi connectivity index (χ1v) is 14.2. The zero-order chi connectivity index (χ0) is 29.1. The molecule has 5 aromatic rings. The van der Waals surface area contributed by atoms with Crippen LogP contribution in [0, 0.1) is 0 Å². The minimum atomic E-state index is 0.151. The number of anilines is 3. The summed E-state index contributed by atoms with van der Waals surface area (Å²) in [5.74, 6) is 0. The lowest BCUT2D eigenvalue weighted by Gasteiger charge is -2.26. The highest BCUT2D eigenvalue weighted by Crippen LogP contribution is 2.35. The lowest BCUT2D eigenvalue weighted by molar-refractivity contribution is 0.185. The van der Waals surface area contributed by atoms with Gasteiger partial charge < -0.3 is 19.5 Å². The molecule has 0 fully saturated rings. The van der Waals surface area contributed by atoms with Crippen LogP contribution >= 0.6 is 0 Å². The van der Waals surface area contributed by atoms with Crippen molar-refractivity contribution < 1.29 is 14.6 Å². The van der Waals surface area contributed by atoms with Gasteiger partial charge in [-0.25, -0.2) is 0 Å². The SMILES string of the molecule is COCc1ccc(N(c2ccc(C=C(c3ccccc3)c3ccc(CCO)cc3)cc2)c2ccc(COC)cc2)cc1. The van der Waals surface area contributed by atoms with Gasteiger partial charge in [-0.05, 0) is 87.8 Å². The zero-order valence-corrected chi connectivity index (χ0v) is 24.2. The van der Waals surface area contributed by atoms with E-state index in [0.29, 0.717) is 19.6 Å². The third kappa shape index (κ3) is 7.23. The molecule has 0 saturated carbocycles. The maximum atomic E-state index is 9.32. The lowest BCUT2D eigenvalue weighted by atomic mass is 9.94. The first kappa shape index (κ1) is 29.0. The topological polar surface area (TPSA) is 41.9 Å². The summed E-state index contributed by atoms with van der Waals surface area (Å²) >= 11 is 0. The molecule has 5 aromatic carbocycles. The van der Waals surface area contributed by atoms with E-state index in [1.807, 2.05) is 6.07 Å². The van der Waals surface area contributed by atoms with Gasteiger partial charge in [0.25, 0.3) is 0 Å². The maximum Gasteiger partial charge on any atom is 0.0713 e. The summed E-state index contributed by atoms with van der Waals surface area (Å²) in [5, 5.41) is 9.32. The van der Waals surface area contributed by atoms with Gasteiger partial charge in [0.2, 0.25) is 0 Å². The van der Waals surface area contributed by atoms with Crippen molar-refractivity contribution in [1.82, 2.24) is 0 Å². The maximum absolute atomic E-state index is 9.32. The Kier molecular flexibility index (Phi) is 9.97. The molecule has 0 spiro atoms. The van der Waals surface area contributed by atoms with E-state index < -0.39 is 0 Å². The van der Waals surface area contributed by atoms with Gasteiger partial charge in [-0.2, -0.15) is 0 Å². The fraction of sp³-hybridized carbons (Fsp3) is 0.158. The molecule has 0 saturated heterocycles. The summed E-state index contributed by atoms with van der Waals surface area (Å²) in [6.07, 6.45) is 2.90. The minimum absolute atomic E-state index is 0.151. The van der Waals surface area contributed by atoms with Crippen LogP contribution < -0.4 is 4.90 Å². The molecule has 0 aliphatic heterocycles. The highest BCUT2D eigenvalue weighted by Gasteiger charge is 2.13. The molecular formula is C38H37NO3. The van der Waals surface area contributed by atoms with Crippen molar-refractivity contribution in [3.63, 3.8) is 0 Å². The second-order valence-corrected chi connectivity index (χ2v) is 10.2. The monoisotopic (exact) mass is 555 g/mol. The van der Waals surface area contributed by atoms with Crippen LogP contribution in [0.4, 0.5) is 17.1 Å². The van der Waals surface area contributed by atoms with Gasteiger partial charge >= 0.3 is 0 Å². The largest absolute Gasteiger partial charge is 0.396 e. The highest BCUT2D eigenvalue weighted by molar-refractivity contribution is 5.91. The molecule has 0 aromatic heterocycles.